The lowest BCUT2D eigenvalue weighted by molar-refractivity contribution is -0.121. The van der Waals surface area contributed by atoms with Gasteiger partial charge in [0.2, 0.25) is 5.91 Å². The first-order chi connectivity index (χ1) is 9.13. The number of amides is 1. The van der Waals surface area contributed by atoms with E-state index < -0.39 is 0 Å². The number of anilines is 1. The molecule has 104 valence electrons. The Morgan fingerprint density at radius 1 is 1.32 bits per heavy atom. The molecular formula is C16H24N2O. The molecule has 1 saturated heterocycles. The molecule has 0 aromatic heterocycles. The second kappa shape index (κ2) is 6.20. The molecule has 1 aromatic carbocycles. The quantitative estimate of drug-likeness (QED) is 0.902. The van der Waals surface area contributed by atoms with Gasteiger partial charge in [-0.05, 0) is 43.0 Å². The lowest BCUT2D eigenvalue weighted by Crippen LogP contribution is -2.50. The molecule has 1 heterocycles. The second-order valence-corrected chi connectivity index (χ2v) is 5.49. The molecule has 1 fully saturated rings. The van der Waals surface area contributed by atoms with Gasteiger partial charge in [-0.2, -0.15) is 0 Å². The topological polar surface area (TPSA) is 32.3 Å². The molecule has 1 unspecified atom stereocenters. The molecule has 1 N–H and O–H groups in total. The Bertz CT molecular complexity index is 423. The average Bonchev–Trinajstić information content (AvgIpc) is 2.41. The number of benzene rings is 1. The molecule has 1 aliphatic heterocycles. The Hall–Kier alpha value is -1.35. The van der Waals surface area contributed by atoms with Gasteiger partial charge in [0.25, 0.3) is 0 Å². The van der Waals surface area contributed by atoms with Crippen LogP contribution in [0.3, 0.4) is 0 Å². The van der Waals surface area contributed by atoms with Gasteiger partial charge >= 0.3 is 0 Å². The maximum Gasteiger partial charge on any atom is 0.244 e. The highest BCUT2D eigenvalue weighted by atomic mass is 16.2. The molecule has 1 atom stereocenters. The van der Waals surface area contributed by atoms with Gasteiger partial charge in [0.05, 0.1) is 6.04 Å². The molecule has 1 aliphatic rings. The fraction of sp³-hybridized carbons (Fsp3) is 0.562. The maximum atomic E-state index is 12.4. The van der Waals surface area contributed by atoms with Crippen molar-refractivity contribution in [3.05, 3.63) is 29.8 Å². The number of carbonyl (C=O) groups excluding carboxylic acids is 1. The summed E-state index contributed by atoms with van der Waals surface area (Å²) in [7, 11) is 0. The second-order valence-electron chi connectivity index (χ2n) is 5.49. The van der Waals surface area contributed by atoms with Crippen LogP contribution < -0.4 is 10.2 Å². The number of likely N-dealkylation sites (N-methyl/N-ethyl adjacent to an activating group) is 1. The average molecular weight is 260 g/mol. The van der Waals surface area contributed by atoms with Gasteiger partial charge in [-0.15, -0.1) is 0 Å². The van der Waals surface area contributed by atoms with E-state index in [4.69, 9.17) is 0 Å². The number of carbonyl (C=O) groups is 1. The number of nitrogens with one attached hydrogen (secondary N) is 1. The van der Waals surface area contributed by atoms with Crippen molar-refractivity contribution < 1.29 is 4.79 Å². The van der Waals surface area contributed by atoms with Crippen LogP contribution in [0.25, 0.3) is 0 Å². The zero-order valence-electron chi connectivity index (χ0n) is 12.1. The molecular weight excluding hydrogens is 236 g/mol. The van der Waals surface area contributed by atoms with Gasteiger partial charge in [0.1, 0.15) is 0 Å². The minimum absolute atomic E-state index is 0.0106. The van der Waals surface area contributed by atoms with Crippen molar-refractivity contribution in [3.63, 3.8) is 0 Å². The summed E-state index contributed by atoms with van der Waals surface area (Å²) in [6.07, 6.45) is 2.02. The Balaban J connectivity index is 2.14. The lowest BCUT2D eigenvalue weighted by atomic mass is 10.0. The highest BCUT2D eigenvalue weighted by Crippen LogP contribution is 2.23. The summed E-state index contributed by atoms with van der Waals surface area (Å²) in [5, 5.41) is 3.27. The highest BCUT2D eigenvalue weighted by Gasteiger charge is 2.28. The van der Waals surface area contributed by atoms with Crippen molar-refractivity contribution in [2.24, 2.45) is 0 Å². The molecule has 0 saturated carbocycles. The molecule has 3 nitrogen and oxygen atoms in total. The van der Waals surface area contributed by atoms with Gasteiger partial charge in [-0.25, -0.2) is 0 Å². The van der Waals surface area contributed by atoms with E-state index in [0.29, 0.717) is 5.92 Å². The van der Waals surface area contributed by atoms with E-state index >= 15 is 0 Å². The van der Waals surface area contributed by atoms with E-state index in [1.807, 2.05) is 11.8 Å². The van der Waals surface area contributed by atoms with Crippen molar-refractivity contribution in [3.8, 4) is 0 Å². The highest BCUT2D eigenvalue weighted by molar-refractivity contribution is 5.97. The number of nitrogens with zero attached hydrogens (tertiary/aromatic N) is 1. The monoisotopic (exact) mass is 260 g/mol. The predicted octanol–water partition coefficient (Wildman–Crippen LogP) is 2.91. The Kier molecular flexibility index (Phi) is 4.59. The van der Waals surface area contributed by atoms with Crippen LogP contribution in [0.5, 0.6) is 0 Å². The van der Waals surface area contributed by atoms with Crippen LogP contribution in [0.2, 0.25) is 0 Å². The molecule has 19 heavy (non-hydrogen) atoms. The SMILES string of the molecule is CCNC1CCCN(c2ccc(C(C)C)cc2)C1=O. The Morgan fingerprint density at radius 2 is 2.00 bits per heavy atom. The predicted molar refractivity (Wildman–Crippen MR) is 79.6 cm³/mol. The summed E-state index contributed by atoms with van der Waals surface area (Å²) in [4.78, 5) is 14.3. The van der Waals surface area contributed by atoms with Crippen molar-refractivity contribution in [1.29, 1.82) is 0 Å². The first-order valence-electron chi connectivity index (χ1n) is 7.28. The van der Waals surface area contributed by atoms with Crippen molar-refractivity contribution >= 4 is 11.6 Å². The van der Waals surface area contributed by atoms with Crippen LogP contribution in [0.4, 0.5) is 5.69 Å². The first kappa shape index (κ1) is 14.1. The zero-order chi connectivity index (χ0) is 13.8. The van der Waals surface area contributed by atoms with Crippen LogP contribution in [0.1, 0.15) is 45.1 Å². The van der Waals surface area contributed by atoms with Crippen LogP contribution in [0, 0.1) is 0 Å². The van der Waals surface area contributed by atoms with Gasteiger partial charge in [0.15, 0.2) is 0 Å². The lowest BCUT2D eigenvalue weighted by Gasteiger charge is -2.32. The van der Waals surface area contributed by atoms with Gasteiger partial charge in [-0.3, -0.25) is 4.79 Å². The Morgan fingerprint density at radius 3 is 2.58 bits per heavy atom. The summed E-state index contributed by atoms with van der Waals surface area (Å²) in [6.45, 7) is 8.09. The van der Waals surface area contributed by atoms with Crippen LogP contribution in [-0.2, 0) is 4.79 Å². The van der Waals surface area contributed by atoms with Gasteiger partial charge in [-0.1, -0.05) is 32.9 Å². The van der Waals surface area contributed by atoms with Gasteiger partial charge < -0.3 is 10.2 Å². The standard InChI is InChI=1S/C16H24N2O/c1-4-17-15-6-5-11-18(16(15)19)14-9-7-13(8-10-14)12(2)3/h7-10,12,15,17H,4-6,11H2,1-3H3. The van der Waals surface area contributed by atoms with E-state index in [2.05, 4.69) is 43.4 Å². The molecule has 1 amide bonds. The van der Waals surface area contributed by atoms with E-state index in [0.717, 1.165) is 31.6 Å². The fourth-order valence-corrected chi connectivity index (χ4v) is 2.61. The largest absolute Gasteiger partial charge is 0.311 e. The summed E-state index contributed by atoms with van der Waals surface area (Å²) < 4.78 is 0. The third-order valence-electron chi connectivity index (χ3n) is 3.76. The number of hydrogen-bond donors (Lipinski definition) is 1. The van der Waals surface area contributed by atoms with Crippen LogP contribution >= 0.6 is 0 Å². The molecule has 0 aliphatic carbocycles. The summed E-state index contributed by atoms with van der Waals surface area (Å²) >= 11 is 0. The molecule has 0 spiro atoms. The molecule has 3 heteroatoms. The molecule has 1 aromatic rings. The van der Waals surface area contributed by atoms with Crippen molar-refractivity contribution in [1.82, 2.24) is 5.32 Å². The molecule has 2 rings (SSSR count). The number of hydrogen-bond acceptors (Lipinski definition) is 2. The van der Waals surface area contributed by atoms with Crippen molar-refractivity contribution in [2.45, 2.75) is 45.6 Å². The maximum absolute atomic E-state index is 12.4. The Labute approximate surface area is 116 Å². The third kappa shape index (κ3) is 3.16. The smallest absolute Gasteiger partial charge is 0.244 e. The van der Waals surface area contributed by atoms with Crippen LogP contribution in [-0.4, -0.2) is 25.0 Å². The summed E-state index contributed by atoms with van der Waals surface area (Å²) in [6, 6.07) is 8.39. The first-order valence-corrected chi connectivity index (χ1v) is 7.28. The van der Waals surface area contributed by atoms with Crippen LogP contribution in [0.15, 0.2) is 24.3 Å². The summed E-state index contributed by atoms with van der Waals surface area (Å²) in [5.41, 5.74) is 2.34. The van der Waals surface area contributed by atoms with E-state index in [1.165, 1.54) is 5.56 Å². The van der Waals surface area contributed by atoms with E-state index in [-0.39, 0.29) is 11.9 Å². The number of piperidine rings is 1. The minimum atomic E-state index is -0.0106. The fourth-order valence-electron chi connectivity index (χ4n) is 2.61. The van der Waals surface area contributed by atoms with E-state index in [9.17, 15) is 4.79 Å². The minimum Gasteiger partial charge on any atom is -0.311 e. The third-order valence-corrected chi connectivity index (χ3v) is 3.76. The van der Waals surface area contributed by atoms with Gasteiger partial charge in [0, 0.05) is 12.2 Å². The number of rotatable bonds is 4. The van der Waals surface area contributed by atoms with E-state index in [1.54, 1.807) is 0 Å². The molecule has 0 bridgehead atoms. The molecule has 0 radical (unpaired) electrons. The normalized spacial score (nSPS) is 20.1. The zero-order valence-corrected chi connectivity index (χ0v) is 12.1. The van der Waals surface area contributed by atoms with Crippen molar-refractivity contribution in [2.75, 3.05) is 18.0 Å². The summed E-state index contributed by atoms with van der Waals surface area (Å²) in [5.74, 6) is 0.742.